The molecule has 2 saturated carbocycles. The minimum atomic E-state index is 0. The average Bonchev–Trinajstić information content (AvgIpc) is 2.98. The maximum Gasteiger partial charge on any atom is 0.229 e. The summed E-state index contributed by atoms with van der Waals surface area (Å²) in [6.07, 6.45) is 9.63. The third-order valence-corrected chi connectivity index (χ3v) is 4.25. The van der Waals surface area contributed by atoms with Crippen molar-refractivity contribution in [1.82, 2.24) is 10.1 Å². The Labute approximate surface area is 114 Å². The standard InChI is InChI=1S/C13H21N3O.ClH/c14-11-7-6-10(8-11)13-15-12(16-17-13)9-4-2-1-3-5-9;/h9-11H,1-8,14H2;1H. The molecule has 0 amide bonds. The van der Waals surface area contributed by atoms with Gasteiger partial charge in [-0.3, -0.25) is 0 Å². The van der Waals surface area contributed by atoms with Crippen LogP contribution in [0.2, 0.25) is 0 Å². The van der Waals surface area contributed by atoms with E-state index in [-0.39, 0.29) is 12.4 Å². The monoisotopic (exact) mass is 271 g/mol. The number of rotatable bonds is 2. The average molecular weight is 272 g/mol. The van der Waals surface area contributed by atoms with Gasteiger partial charge in [0.1, 0.15) is 0 Å². The Bertz CT molecular complexity index is 357. The predicted molar refractivity (Wildman–Crippen MR) is 71.9 cm³/mol. The Kier molecular flexibility index (Phi) is 4.62. The molecule has 0 radical (unpaired) electrons. The van der Waals surface area contributed by atoms with Crippen molar-refractivity contribution in [2.24, 2.45) is 5.73 Å². The number of hydrogen-bond acceptors (Lipinski definition) is 4. The van der Waals surface area contributed by atoms with Crippen molar-refractivity contribution in [3.05, 3.63) is 11.7 Å². The van der Waals surface area contributed by atoms with E-state index in [1.54, 1.807) is 0 Å². The van der Waals surface area contributed by atoms with E-state index in [9.17, 15) is 0 Å². The first-order valence-corrected chi connectivity index (χ1v) is 6.92. The Morgan fingerprint density at radius 1 is 1.00 bits per heavy atom. The van der Waals surface area contributed by atoms with E-state index in [0.29, 0.717) is 17.9 Å². The first-order chi connectivity index (χ1) is 8.33. The highest BCUT2D eigenvalue weighted by molar-refractivity contribution is 5.85. The Morgan fingerprint density at radius 2 is 1.78 bits per heavy atom. The second kappa shape index (κ2) is 6.02. The molecule has 2 unspecified atom stereocenters. The molecule has 2 aliphatic rings. The smallest absolute Gasteiger partial charge is 0.229 e. The molecule has 0 saturated heterocycles. The molecule has 1 heterocycles. The summed E-state index contributed by atoms with van der Waals surface area (Å²) in [6, 6.07) is 0.324. The summed E-state index contributed by atoms with van der Waals surface area (Å²) in [7, 11) is 0. The van der Waals surface area contributed by atoms with Gasteiger partial charge in [-0.15, -0.1) is 12.4 Å². The van der Waals surface area contributed by atoms with Crippen LogP contribution < -0.4 is 5.73 Å². The molecule has 4 nitrogen and oxygen atoms in total. The molecule has 18 heavy (non-hydrogen) atoms. The molecule has 1 aromatic rings. The van der Waals surface area contributed by atoms with Gasteiger partial charge in [0.2, 0.25) is 5.89 Å². The van der Waals surface area contributed by atoms with Crippen LogP contribution in [0, 0.1) is 0 Å². The highest BCUT2D eigenvalue weighted by Gasteiger charge is 2.29. The van der Waals surface area contributed by atoms with E-state index < -0.39 is 0 Å². The van der Waals surface area contributed by atoms with Crippen LogP contribution in [-0.2, 0) is 0 Å². The maximum absolute atomic E-state index is 5.92. The molecule has 2 N–H and O–H groups in total. The van der Waals surface area contributed by atoms with Crippen molar-refractivity contribution in [2.75, 3.05) is 0 Å². The van der Waals surface area contributed by atoms with Crippen LogP contribution in [0.25, 0.3) is 0 Å². The fourth-order valence-corrected chi connectivity index (χ4v) is 3.18. The summed E-state index contributed by atoms with van der Waals surface area (Å²) in [4.78, 5) is 4.62. The fraction of sp³-hybridized carbons (Fsp3) is 0.846. The van der Waals surface area contributed by atoms with E-state index in [2.05, 4.69) is 10.1 Å². The topological polar surface area (TPSA) is 64.9 Å². The van der Waals surface area contributed by atoms with Crippen LogP contribution in [0.3, 0.4) is 0 Å². The molecular formula is C13H22ClN3O. The summed E-state index contributed by atoms with van der Waals surface area (Å²) in [6.45, 7) is 0. The van der Waals surface area contributed by atoms with E-state index in [0.717, 1.165) is 31.0 Å². The van der Waals surface area contributed by atoms with Gasteiger partial charge in [0.25, 0.3) is 0 Å². The van der Waals surface area contributed by atoms with E-state index >= 15 is 0 Å². The maximum atomic E-state index is 5.92. The van der Waals surface area contributed by atoms with Crippen molar-refractivity contribution >= 4 is 12.4 Å². The first kappa shape index (κ1) is 13.8. The van der Waals surface area contributed by atoms with Crippen molar-refractivity contribution in [3.63, 3.8) is 0 Å². The minimum absolute atomic E-state index is 0. The van der Waals surface area contributed by atoms with Crippen molar-refractivity contribution in [2.45, 2.75) is 69.2 Å². The quantitative estimate of drug-likeness (QED) is 0.897. The van der Waals surface area contributed by atoms with Crippen molar-refractivity contribution in [1.29, 1.82) is 0 Å². The number of aromatic nitrogens is 2. The Balaban J connectivity index is 0.00000120. The molecule has 1 aromatic heterocycles. The SMILES string of the molecule is Cl.NC1CCC(c2nc(C3CCCCC3)no2)C1. The lowest BCUT2D eigenvalue weighted by Crippen LogP contribution is -2.14. The third kappa shape index (κ3) is 2.86. The third-order valence-electron chi connectivity index (χ3n) is 4.25. The number of hydrogen-bond donors (Lipinski definition) is 1. The summed E-state index contributed by atoms with van der Waals surface area (Å²) < 4.78 is 5.43. The first-order valence-electron chi connectivity index (χ1n) is 6.92. The van der Waals surface area contributed by atoms with Gasteiger partial charge in [-0.2, -0.15) is 4.98 Å². The van der Waals surface area contributed by atoms with Crippen LogP contribution >= 0.6 is 12.4 Å². The van der Waals surface area contributed by atoms with Crippen molar-refractivity contribution < 1.29 is 4.52 Å². The van der Waals surface area contributed by atoms with E-state index in [4.69, 9.17) is 10.3 Å². The summed E-state index contributed by atoms with van der Waals surface area (Å²) in [5.74, 6) is 2.73. The molecule has 2 fully saturated rings. The summed E-state index contributed by atoms with van der Waals surface area (Å²) in [5, 5.41) is 4.18. The fourth-order valence-electron chi connectivity index (χ4n) is 3.18. The molecular weight excluding hydrogens is 250 g/mol. The minimum Gasteiger partial charge on any atom is -0.339 e. The Hall–Kier alpha value is -0.610. The van der Waals surface area contributed by atoms with Crippen LogP contribution in [0.15, 0.2) is 4.52 Å². The van der Waals surface area contributed by atoms with Gasteiger partial charge in [-0.1, -0.05) is 24.4 Å². The molecule has 0 aromatic carbocycles. The van der Waals surface area contributed by atoms with Crippen LogP contribution in [0.5, 0.6) is 0 Å². The van der Waals surface area contributed by atoms with Gasteiger partial charge < -0.3 is 10.3 Å². The summed E-state index contributed by atoms with van der Waals surface area (Å²) in [5.41, 5.74) is 5.92. The van der Waals surface area contributed by atoms with Gasteiger partial charge >= 0.3 is 0 Å². The lowest BCUT2D eigenvalue weighted by molar-refractivity contribution is 0.340. The second-order valence-corrected chi connectivity index (χ2v) is 5.60. The molecule has 5 heteroatoms. The number of halogens is 1. The van der Waals surface area contributed by atoms with Crippen LogP contribution in [0.1, 0.15) is 74.9 Å². The van der Waals surface area contributed by atoms with E-state index in [1.807, 2.05) is 0 Å². The molecule has 3 rings (SSSR count). The molecule has 0 aliphatic heterocycles. The summed E-state index contributed by atoms with van der Waals surface area (Å²) >= 11 is 0. The van der Waals surface area contributed by atoms with Gasteiger partial charge in [0.15, 0.2) is 5.82 Å². The van der Waals surface area contributed by atoms with Gasteiger partial charge in [-0.25, -0.2) is 0 Å². The molecule has 2 aliphatic carbocycles. The molecule has 102 valence electrons. The largest absolute Gasteiger partial charge is 0.339 e. The second-order valence-electron chi connectivity index (χ2n) is 5.60. The zero-order valence-corrected chi connectivity index (χ0v) is 11.5. The highest BCUT2D eigenvalue weighted by atomic mass is 35.5. The van der Waals surface area contributed by atoms with Crippen molar-refractivity contribution in [3.8, 4) is 0 Å². The lowest BCUT2D eigenvalue weighted by Gasteiger charge is -2.17. The number of nitrogens with two attached hydrogens (primary N) is 1. The predicted octanol–water partition coefficient (Wildman–Crippen LogP) is 3.13. The highest BCUT2D eigenvalue weighted by Crippen LogP contribution is 2.35. The van der Waals surface area contributed by atoms with Crippen LogP contribution in [-0.4, -0.2) is 16.2 Å². The van der Waals surface area contributed by atoms with E-state index in [1.165, 1.54) is 32.1 Å². The molecule has 0 bridgehead atoms. The Morgan fingerprint density at radius 3 is 2.44 bits per heavy atom. The zero-order chi connectivity index (χ0) is 11.7. The van der Waals surface area contributed by atoms with Gasteiger partial charge in [0.05, 0.1) is 0 Å². The number of nitrogens with zero attached hydrogens (tertiary/aromatic N) is 2. The van der Waals surface area contributed by atoms with Gasteiger partial charge in [0, 0.05) is 17.9 Å². The van der Waals surface area contributed by atoms with Crippen LogP contribution in [0.4, 0.5) is 0 Å². The van der Waals surface area contributed by atoms with Gasteiger partial charge in [-0.05, 0) is 32.1 Å². The normalized spacial score (nSPS) is 29.2. The molecule has 0 spiro atoms. The molecule has 2 atom stereocenters. The lowest BCUT2D eigenvalue weighted by atomic mass is 9.89. The zero-order valence-electron chi connectivity index (χ0n) is 10.7.